The molecule has 1 amide bonds. The predicted octanol–water partition coefficient (Wildman–Crippen LogP) is 5.07. The molecule has 270 valence electrons. The van der Waals surface area contributed by atoms with Crippen LogP contribution in [0.15, 0.2) is 52.2 Å². The molecule has 1 aromatic carbocycles. The van der Waals surface area contributed by atoms with Crippen LogP contribution < -0.4 is 21.5 Å². The van der Waals surface area contributed by atoms with E-state index in [0.717, 1.165) is 10.3 Å². The number of ether oxygens (including phenoxy) is 2. The minimum atomic E-state index is -0.790. The normalized spacial score (nSPS) is 14.0. The maximum absolute atomic E-state index is 14.0. The molecule has 0 bridgehead atoms. The highest BCUT2D eigenvalue weighted by atomic mass is 35.5. The second-order valence-electron chi connectivity index (χ2n) is 14.5. The van der Waals surface area contributed by atoms with Crippen molar-refractivity contribution in [3.8, 4) is 0 Å². The number of aryl methyl sites for hydroxylation is 2. The molecule has 0 saturated carbocycles. The lowest BCUT2D eigenvalue weighted by molar-refractivity contribution is 0.0240. The van der Waals surface area contributed by atoms with Crippen molar-refractivity contribution in [3.05, 3.63) is 74.1 Å². The highest BCUT2D eigenvalue weighted by molar-refractivity contribution is 6.35. The summed E-state index contributed by atoms with van der Waals surface area (Å²) in [5.41, 5.74) is -0.444. The van der Waals surface area contributed by atoms with Crippen molar-refractivity contribution < 1.29 is 19.1 Å². The number of imidazole rings is 1. The lowest BCUT2D eigenvalue weighted by atomic mass is 10.2. The molecule has 1 fully saturated rings. The minimum Gasteiger partial charge on any atom is -0.444 e. The van der Waals surface area contributed by atoms with Crippen LogP contribution in [0.1, 0.15) is 47.2 Å². The number of fused-ring (bicyclic) bond motifs is 2. The molecule has 6 rings (SSSR count). The first kappa shape index (κ1) is 35.5. The number of rotatable bonds is 5. The number of pyridine rings is 1. The van der Waals surface area contributed by atoms with Crippen molar-refractivity contribution in [1.82, 2.24) is 33.1 Å². The Kier molecular flexibility index (Phi) is 9.12. The summed E-state index contributed by atoms with van der Waals surface area (Å²) in [5, 5.41) is 4.15. The fourth-order valence-electron chi connectivity index (χ4n) is 5.98. The summed E-state index contributed by atoms with van der Waals surface area (Å²) in [6.45, 7) is 12.9. The topological polar surface area (TPSA) is 151 Å². The Morgan fingerprint density at radius 2 is 1.57 bits per heavy atom. The summed E-state index contributed by atoms with van der Waals surface area (Å²) in [5.74, 6) is 0.782. The zero-order chi connectivity index (χ0) is 37.0. The van der Waals surface area contributed by atoms with Crippen LogP contribution in [-0.4, -0.2) is 82.7 Å². The SMILES string of the molecule is Cn1c(Nc2ccc(N3CCN(C(=O)OC(C)(C)C)CC3)cn2)nc2c1c(=O)n(Cc1cc3c(Cl)cccc3n1C(=O)OC(C)(C)C)c(=O)n2C. The molecule has 16 heteroatoms. The number of carbonyl (C=O) groups excluding carboxylic acids is 2. The number of piperazine rings is 1. The number of anilines is 3. The average Bonchev–Trinajstić information content (AvgIpc) is 3.59. The Hall–Kier alpha value is -5.31. The fourth-order valence-corrected chi connectivity index (χ4v) is 6.21. The Bertz CT molecular complexity index is 2260. The lowest BCUT2D eigenvalue weighted by Crippen LogP contribution is -2.50. The smallest absolute Gasteiger partial charge is 0.419 e. The molecule has 15 nitrogen and oxygen atoms in total. The van der Waals surface area contributed by atoms with Crippen LogP contribution in [0.4, 0.5) is 27.0 Å². The maximum atomic E-state index is 14.0. The van der Waals surface area contributed by atoms with E-state index >= 15 is 0 Å². The summed E-state index contributed by atoms with van der Waals surface area (Å²) in [6, 6.07) is 10.5. The Labute approximate surface area is 298 Å². The van der Waals surface area contributed by atoms with Crippen LogP contribution in [0, 0.1) is 0 Å². The van der Waals surface area contributed by atoms with Crippen LogP contribution in [0.25, 0.3) is 22.1 Å². The molecular formula is C35H42ClN9O6. The van der Waals surface area contributed by atoms with Crippen LogP contribution in [0.5, 0.6) is 0 Å². The third-order valence-corrected chi connectivity index (χ3v) is 8.74. The van der Waals surface area contributed by atoms with Gasteiger partial charge in [-0.25, -0.2) is 23.9 Å². The van der Waals surface area contributed by atoms with Crippen molar-refractivity contribution >= 4 is 63.3 Å². The molecule has 5 heterocycles. The van der Waals surface area contributed by atoms with Gasteiger partial charge in [-0.15, -0.1) is 0 Å². The van der Waals surface area contributed by atoms with E-state index in [2.05, 4.69) is 20.2 Å². The number of nitrogens with one attached hydrogen (secondary N) is 1. The van der Waals surface area contributed by atoms with E-state index < -0.39 is 28.5 Å². The largest absolute Gasteiger partial charge is 0.444 e. The molecule has 4 aromatic heterocycles. The van der Waals surface area contributed by atoms with E-state index in [1.54, 1.807) is 73.8 Å². The van der Waals surface area contributed by atoms with Gasteiger partial charge in [0.25, 0.3) is 5.56 Å². The molecule has 51 heavy (non-hydrogen) atoms. The van der Waals surface area contributed by atoms with Gasteiger partial charge in [0.05, 0.1) is 29.6 Å². The minimum absolute atomic E-state index is 0.178. The monoisotopic (exact) mass is 719 g/mol. The van der Waals surface area contributed by atoms with Crippen LogP contribution in [0.2, 0.25) is 5.02 Å². The van der Waals surface area contributed by atoms with Gasteiger partial charge in [-0.3, -0.25) is 13.9 Å². The van der Waals surface area contributed by atoms with Gasteiger partial charge in [0, 0.05) is 50.7 Å². The highest BCUT2D eigenvalue weighted by Gasteiger charge is 2.27. The van der Waals surface area contributed by atoms with Crippen molar-refractivity contribution in [3.63, 3.8) is 0 Å². The summed E-state index contributed by atoms with van der Waals surface area (Å²) in [6.07, 6.45) is 0.752. The Morgan fingerprint density at radius 1 is 0.902 bits per heavy atom. The maximum Gasteiger partial charge on any atom is 0.419 e. The second-order valence-corrected chi connectivity index (χ2v) is 14.9. The van der Waals surface area contributed by atoms with Crippen LogP contribution in [-0.2, 0) is 30.1 Å². The van der Waals surface area contributed by atoms with E-state index in [-0.39, 0.29) is 23.8 Å². The van der Waals surface area contributed by atoms with Gasteiger partial charge in [0.15, 0.2) is 11.2 Å². The van der Waals surface area contributed by atoms with E-state index in [1.165, 1.54) is 16.2 Å². The van der Waals surface area contributed by atoms with Gasteiger partial charge in [-0.1, -0.05) is 17.7 Å². The van der Waals surface area contributed by atoms with Gasteiger partial charge in [-0.2, -0.15) is 4.98 Å². The number of carbonyl (C=O) groups is 2. The summed E-state index contributed by atoms with van der Waals surface area (Å²) in [4.78, 5) is 66.5. The average molecular weight is 720 g/mol. The first-order valence-electron chi connectivity index (χ1n) is 16.6. The molecule has 1 aliphatic rings. The van der Waals surface area contributed by atoms with Crippen LogP contribution >= 0.6 is 11.6 Å². The second kappa shape index (κ2) is 13.1. The Balaban J connectivity index is 1.26. The molecule has 1 aliphatic heterocycles. The van der Waals surface area contributed by atoms with Gasteiger partial charge < -0.3 is 29.2 Å². The van der Waals surface area contributed by atoms with E-state index in [1.807, 2.05) is 26.8 Å². The molecule has 0 unspecified atom stereocenters. The summed E-state index contributed by atoms with van der Waals surface area (Å²) < 4.78 is 16.4. The lowest BCUT2D eigenvalue weighted by Gasteiger charge is -2.36. The third-order valence-electron chi connectivity index (χ3n) is 8.41. The first-order chi connectivity index (χ1) is 23.9. The summed E-state index contributed by atoms with van der Waals surface area (Å²) in [7, 11) is 3.21. The molecular weight excluding hydrogens is 678 g/mol. The molecule has 5 aromatic rings. The van der Waals surface area contributed by atoms with E-state index in [9.17, 15) is 19.2 Å². The number of benzene rings is 1. The number of nitrogens with zero attached hydrogens (tertiary/aromatic N) is 8. The number of hydrogen-bond acceptors (Lipinski definition) is 10. The molecule has 0 spiro atoms. The zero-order valence-electron chi connectivity index (χ0n) is 30.0. The fraction of sp³-hybridized carbons (Fsp3) is 0.429. The van der Waals surface area contributed by atoms with Crippen molar-refractivity contribution in [1.29, 1.82) is 0 Å². The number of halogens is 1. The van der Waals surface area contributed by atoms with Crippen molar-refractivity contribution in [2.24, 2.45) is 14.1 Å². The summed E-state index contributed by atoms with van der Waals surface area (Å²) >= 11 is 6.48. The standard InChI is InChI=1S/C35H42ClN9O6/c1-34(2,3)50-32(48)43-16-14-42(15-17-43)21-12-13-26(37-19-21)38-30-39-28-27(40(30)7)29(46)44(31(47)41(28)8)20-22-18-23-24(36)10-9-11-25(23)45(22)33(49)51-35(4,5)6/h9-13,18-19H,14-17,20H2,1-8H3,(H,37,38,39). The predicted molar refractivity (Wildman–Crippen MR) is 195 cm³/mol. The third kappa shape index (κ3) is 7.16. The van der Waals surface area contributed by atoms with Gasteiger partial charge in [0.2, 0.25) is 5.95 Å². The van der Waals surface area contributed by atoms with Gasteiger partial charge in [-0.05, 0) is 71.9 Å². The van der Waals surface area contributed by atoms with Crippen molar-refractivity contribution in [2.45, 2.75) is 59.3 Å². The Morgan fingerprint density at radius 3 is 2.20 bits per heavy atom. The van der Waals surface area contributed by atoms with Crippen LogP contribution in [0.3, 0.4) is 0 Å². The highest BCUT2D eigenvalue weighted by Crippen LogP contribution is 2.29. The van der Waals surface area contributed by atoms with Crippen molar-refractivity contribution in [2.75, 3.05) is 36.4 Å². The quantitative estimate of drug-likeness (QED) is 0.261. The molecule has 1 saturated heterocycles. The zero-order valence-corrected chi connectivity index (χ0v) is 30.7. The number of amides is 1. The van der Waals surface area contributed by atoms with E-state index in [0.29, 0.717) is 59.6 Å². The van der Waals surface area contributed by atoms with Gasteiger partial charge in [0.1, 0.15) is 17.0 Å². The molecule has 0 radical (unpaired) electrons. The van der Waals surface area contributed by atoms with Gasteiger partial charge >= 0.3 is 17.9 Å². The molecule has 1 N–H and O–H groups in total. The number of hydrogen-bond donors (Lipinski definition) is 1. The van der Waals surface area contributed by atoms with E-state index in [4.69, 9.17) is 21.1 Å². The molecule has 0 atom stereocenters. The molecule has 0 aliphatic carbocycles. The first-order valence-corrected chi connectivity index (χ1v) is 16.9. The number of aromatic nitrogens is 6.